The van der Waals surface area contributed by atoms with E-state index in [1.165, 1.54) is 6.07 Å². The number of halogens is 3. The Balaban J connectivity index is 1.39. The maximum atomic E-state index is 13.0. The summed E-state index contributed by atoms with van der Waals surface area (Å²) in [6.07, 6.45) is -0.766. The fourth-order valence-electron chi connectivity index (χ4n) is 4.05. The highest BCUT2D eigenvalue weighted by atomic mass is 19.4. The second-order valence-corrected chi connectivity index (χ2v) is 7.96. The largest absolute Gasteiger partial charge is 0.454 e. The number of fused-ring (bicyclic) bond motifs is 2. The summed E-state index contributed by atoms with van der Waals surface area (Å²) in [5.74, 6) is 0.565. The molecule has 3 heterocycles. The standard InChI is InChI=1S/C25H20F3N3O3/c26-25(27,28)18-5-3-4-16(10-18)13-30-24(32)12-19(17-7-8-21-22(11-17)34-15-33-21)20-14-29-23-6-1-2-9-31(20)23/h1-11,14,19H,12-13,15H2,(H,30,32). The van der Waals surface area contributed by atoms with Gasteiger partial charge in [-0.05, 0) is 47.5 Å². The van der Waals surface area contributed by atoms with Gasteiger partial charge in [0.05, 0.1) is 11.3 Å². The first-order valence-electron chi connectivity index (χ1n) is 10.6. The average molecular weight is 467 g/mol. The van der Waals surface area contributed by atoms with Gasteiger partial charge in [0.25, 0.3) is 0 Å². The molecule has 1 unspecified atom stereocenters. The van der Waals surface area contributed by atoms with Crippen LogP contribution in [-0.2, 0) is 17.5 Å². The number of aromatic nitrogens is 2. The molecule has 1 aliphatic rings. The molecule has 34 heavy (non-hydrogen) atoms. The van der Waals surface area contributed by atoms with Crippen LogP contribution in [-0.4, -0.2) is 22.1 Å². The SMILES string of the molecule is O=C(CC(c1ccc2c(c1)OCO2)c1cnc2ccccn12)NCc1cccc(C(F)(F)F)c1. The van der Waals surface area contributed by atoms with Crippen LogP contribution in [0.3, 0.4) is 0 Å². The Morgan fingerprint density at radius 3 is 2.76 bits per heavy atom. The van der Waals surface area contributed by atoms with Gasteiger partial charge in [-0.25, -0.2) is 4.98 Å². The zero-order valence-corrected chi connectivity index (χ0v) is 17.9. The number of imidazole rings is 1. The summed E-state index contributed by atoms with van der Waals surface area (Å²) in [6.45, 7) is 0.125. The zero-order valence-electron chi connectivity index (χ0n) is 17.9. The molecule has 0 spiro atoms. The summed E-state index contributed by atoms with van der Waals surface area (Å²) in [7, 11) is 0. The Bertz CT molecular complexity index is 1350. The van der Waals surface area contributed by atoms with Crippen LogP contribution >= 0.6 is 0 Å². The van der Waals surface area contributed by atoms with Crippen LogP contribution in [0, 0.1) is 0 Å². The van der Waals surface area contributed by atoms with Gasteiger partial charge >= 0.3 is 6.18 Å². The van der Waals surface area contributed by atoms with E-state index in [4.69, 9.17) is 9.47 Å². The molecule has 0 fully saturated rings. The number of hydrogen-bond acceptors (Lipinski definition) is 4. The lowest BCUT2D eigenvalue weighted by atomic mass is 9.92. The smallest absolute Gasteiger partial charge is 0.416 e. The first kappa shape index (κ1) is 21.8. The molecule has 5 rings (SSSR count). The Hall–Kier alpha value is -4.01. The van der Waals surface area contributed by atoms with E-state index in [-0.39, 0.29) is 31.6 Å². The number of pyridine rings is 1. The minimum Gasteiger partial charge on any atom is -0.454 e. The van der Waals surface area contributed by atoms with Gasteiger partial charge in [-0.15, -0.1) is 0 Å². The molecule has 0 aliphatic carbocycles. The second kappa shape index (κ2) is 8.74. The topological polar surface area (TPSA) is 64.9 Å². The van der Waals surface area contributed by atoms with Crippen molar-refractivity contribution in [2.75, 3.05) is 6.79 Å². The number of nitrogens with one attached hydrogen (secondary N) is 1. The van der Waals surface area contributed by atoms with Gasteiger partial charge in [-0.2, -0.15) is 13.2 Å². The van der Waals surface area contributed by atoms with E-state index in [1.807, 2.05) is 40.9 Å². The highest BCUT2D eigenvalue weighted by molar-refractivity contribution is 5.77. The molecule has 174 valence electrons. The van der Waals surface area contributed by atoms with Gasteiger partial charge in [0.1, 0.15) is 5.65 Å². The van der Waals surface area contributed by atoms with E-state index >= 15 is 0 Å². The predicted molar refractivity (Wildman–Crippen MR) is 118 cm³/mol. The minimum atomic E-state index is -4.44. The molecule has 9 heteroatoms. The highest BCUT2D eigenvalue weighted by Crippen LogP contribution is 2.38. The van der Waals surface area contributed by atoms with E-state index < -0.39 is 11.7 Å². The maximum absolute atomic E-state index is 13.0. The summed E-state index contributed by atoms with van der Waals surface area (Å²) in [5, 5.41) is 2.75. The second-order valence-electron chi connectivity index (χ2n) is 7.96. The number of rotatable bonds is 6. The molecule has 0 saturated heterocycles. The number of hydrogen-bond donors (Lipinski definition) is 1. The molecule has 2 aromatic heterocycles. The van der Waals surface area contributed by atoms with Crippen molar-refractivity contribution in [1.29, 1.82) is 0 Å². The average Bonchev–Trinajstić information content (AvgIpc) is 3.47. The predicted octanol–water partition coefficient (Wildman–Crippen LogP) is 4.92. The van der Waals surface area contributed by atoms with Crippen molar-refractivity contribution >= 4 is 11.6 Å². The van der Waals surface area contributed by atoms with Crippen LogP contribution in [0.4, 0.5) is 13.2 Å². The number of nitrogens with zero attached hydrogens (tertiary/aromatic N) is 2. The first-order chi connectivity index (χ1) is 16.4. The minimum absolute atomic E-state index is 0.0102. The third kappa shape index (κ3) is 4.41. The van der Waals surface area contributed by atoms with Gasteiger partial charge in [-0.1, -0.05) is 24.3 Å². The van der Waals surface area contributed by atoms with E-state index in [9.17, 15) is 18.0 Å². The highest BCUT2D eigenvalue weighted by Gasteiger charge is 2.30. The van der Waals surface area contributed by atoms with Crippen LogP contribution in [0.5, 0.6) is 11.5 Å². The lowest BCUT2D eigenvalue weighted by molar-refractivity contribution is -0.137. The molecule has 1 aliphatic heterocycles. The molecule has 1 N–H and O–H groups in total. The first-order valence-corrected chi connectivity index (χ1v) is 10.6. The van der Waals surface area contributed by atoms with Crippen molar-refractivity contribution in [1.82, 2.24) is 14.7 Å². The summed E-state index contributed by atoms with van der Waals surface area (Å²) in [6, 6.07) is 16.1. The van der Waals surface area contributed by atoms with Crippen molar-refractivity contribution < 1.29 is 27.4 Å². The molecule has 1 atom stereocenters. The number of carbonyl (C=O) groups is 1. The van der Waals surface area contributed by atoms with Gasteiger partial charge < -0.3 is 19.2 Å². The number of ether oxygens (including phenoxy) is 2. The molecule has 2 aromatic carbocycles. The Labute approximate surface area is 193 Å². The number of benzene rings is 2. The molecule has 4 aromatic rings. The quantitative estimate of drug-likeness (QED) is 0.437. The Kier molecular flexibility index (Phi) is 5.61. The van der Waals surface area contributed by atoms with Crippen LogP contribution in [0.1, 0.15) is 34.7 Å². The van der Waals surface area contributed by atoms with Crippen LogP contribution in [0.2, 0.25) is 0 Å². The zero-order chi connectivity index (χ0) is 23.7. The van der Waals surface area contributed by atoms with Crippen molar-refractivity contribution in [3.8, 4) is 11.5 Å². The van der Waals surface area contributed by atoms with Gasteiger partial charge in [0.2, 0.25) is 12.7 Å². The van der Waals surface area contributed by atoms with E-state index in [0.29, 0.717) is 17.1 Å². The van der Waals surface area contributed by atoms with Crippen LogP contribution < -0.4 is 14.8 Å². The van der Waals surface area contributed by atoms with E-state index in [0.717, 1.165) is 29.0 Å². The number of amides is 1. The van der Waals surface area contributed by atoms with Crippen molar-refractivity contribution in [2.24, 2.45) is 0 Å². The lowest BCUT2D eigenvalue weighted by Crippen LogP contribution is -2.25. The molecule has 6 nitrogen and oxygen atoms in total. The summed E-state index contributed by atoms with van der Waals surface area (Å²) in [5.41, 5.74) is 2.02. The van der Waals surface area contributed by atoms with Crippen molar-refractivity contribution in [2.45, 2.75) is 25.1 Å². The molecular weight excluding hydrogens is 447 g/mol. The van der Waals surface area contributed by atoms with E-state index in [2.05, 4.69) is 10.3 Å². The molecule has 0 bridgehead atoms. The third-order valence-corrected chi connectivity index (χ3v) is 5.74. The van der Waals surface area contributed by atoms with Crippen LogP contribution in [0.25, 0.3) is 5.65 Å². The van der Waals surface area contributed by atoms with Gasteiger partial charge in [-0.3, -0.25) is 4.79 Å². The number of carbonyl (C=O) groups excluding carboxylic acids is 1. The number of alkyl halides is 3. The van der Waals surface area contributed by atoms with E-state index in [1.54, 1.807) is 18.3 Å². The normalized spacial score (nSPS) is 13.7. The van der Waals surface area contributed by atoms with Crippen molar-refractivity contribution in [3.05, 3.63) is 95.4 Å². The third-order valence-electron chi connectivity index (χ3n) is 5.74. The summed E-state index contributed by atoms with van der Waals surface area (Å²) < 4.78 is 51.8. The Morgan fingerprint density at radius 2 is 1.91 bits per heavy atom. The van der Waals surface area contributed by atoms with Gasteiger partial charge in [0, 0.05) is 31.3 Å². The maximum Gasteiger partial charge on any atom is 0.416 e. The summed E-state index contributed by atoms with van der Waals surface area (Å²) in [4.78, 5) is 17.4. The van der Waals surface area contributed by atoms with Gasteiger partial charge in [0.15, 0.2) is 11.5 Å². The molecular formula is C25H20F3N3O3. The van der Waals surface area contributed by atoms with Crippen LogP contribution in [0.15, 0.2) is 73.1 Å². The molecule has 0 radical (unpaired) electrons. The summed E-state index contributed by atoms with van der Waals surface area (Å²) >= 11 is 0. The Morgan fingerprint density at radius 1 is 1.06 bits per heavy atom. The fourth-order valence-corrected chi connectivity index (χ4v) is 4.05. The monoisotopic (exact) mass is 467 g/mol. The van der Waals surface area contributed by atoms with Crippen molar-refractivity contribution in [3.63, 3.8) is 0 Å². The molecule has 1 amide bonds. The molecule has 0 saturated carbocycles. The fraction of sp³-hybridized carbons (Fsp3) is 0.200. The lowest BCUT2D eigenvalue weighted by Gasteiger charge is -2.18.